The predicted octanol–water partition coefficient (Wildman–Crippen LogP) is 0.300. The zero-order chi connectivity index (χ0) is 8.59. The van der Waals surface area contributed by atoms with Gasteiger partial charge in [0.2, 0.25) is 5.91 Å². The molecule has 0 aromatic rings. The fraction of sp³-hybridized carbons (Fsp3) is 0.750. The van der Waals surface area contributed by atoms with Crippen LogP contribution in [0.5, 0.6) is 0 Å². The number of Topliss-reactive ketones (excluding diaryl/α,β-unsaturated/α-hetero) is 1. The Hall–Kier alpha value is -0.860. The lowest BCUT2D eigenvalue weighted by Crippen LogP contribution is -2.24. The Labute approximate surface area is 66.4 Å². The van der Waals surface area contributed by atoms with Gasteiger partial charge in [-0.25, -0.2) is 0 Å². The van der Waals surface area contributed by atoms with Crippen LogP contribution in [0.2, 0.25) is 0 Å². The normalized spacial score (nSPS) is 27.9. The fourth-order valence-electron chi connectivity index (χ4n) is 1.25. The van der Waals surface area contributed by atoms with Gasteiger partial charge in [0.1, 0.15) is 5.78 Å². The molecular weight excluding hydrogens is 142 g/mol. The van der Waals surface area contributed by atoms with Crippen LogP contribution < -0.4 is 0 Å². The zero-order valence-corrected chi connectivity index (χ0v) is 7.13. The molecule has 0 spiro atoms. The molecule has 1 unspecified atom stereocenters. The van der Waals surface area contributed by atoms with Crippen molar-refractivity contribution in [1.29, 1.82) is 0 Å². The van der Waals surface area contributed by atoms with Crippen molar-refractivity contribution >= 4 is 11.7 Å². The van der Waals surface area contributed by atoms with Crippen molar-refractivity contribution in [3.63, 3.8) is 0 Å². The Kier molecular flexibility index (Phi) is 1.98. The Bertz CT molecular complexity index is 198. The van der Waals surface area contributed by atoms with Gasteiger partial charge in [0.05, 0.1) is 0 Å². The molecule has 1 aliphatic carbocycles. The smallest absolute Gasteiger partial charge is 0.225 e. The fourth-order valence-corrected chi connectivity index (χ4v) is 1.25. The minimum Gasteiger partial charge on any atom is -0.349 e. The number of hydrogen-bond donors (Lipinski definition) is 0. The molecule has 0 N–H and O–H groups in total. The lowest BCUT2D eigenvalue weighted by molar-refractivity contribution is -0.131. The highest BCUT2D eigenvalue weighted by Crippen LogP contribution is 2.40. The number of rotatable bonds is 2. The number of carbonyl (C=O) groups excluding carboxylic acids is 2. The minimum absolute atomic E-state index is 0.0116. The first-order chi connectivity index (χ1) is 5.04. The van der Waals surface area contributed by atoms with Gasteiger partial charge in [-0.3, -0.25) is 9.59 Å². The van der Waals surface area contributed by atoms with Crippen LogP contribution in [0.25, 0.3) is 0 Å². The second-order valence-corrected chi connectivity index (χ2v) is 3.29. The minimum atomic E-state index is -0.0116. The summed E-state index contributed by atoms with van der Waals surface area (Å²) in [5, 5.41) is 0. The molecule has 0 saturated heterocycles. The van der Waals surface area contributed by atoms with Crippen LogP contribution in [-0.2, 0) is 9.59 Å². The molecule has 1 fully saturated rings. The molecule has 1 saturated carbocycles. The molecule has 0 aliphatic heterocycles. The van der Waals surface area contributed by atoms with Gasteiger partial charge in [-0.2, -0.15) is 0 Å². The first-order valence-electron chi connectivity index (χ1n) is 3.75. The lowest BCUT2D eigenvalue weighted by Gasteiger charge is -2.08. The van der Waals surface area contributed by atoms with Gasteiger partial charge in [0, 0.05) is 25.9 Å². The van der Waals surface area contributed by atoms with E-state index in [9.17, 15) is 9.59 Å². The highest BCUT2D eigenvalue weighted by atomic mass is 16.2. The second-order valence-electron chi connectivity index (χ2n) is 3.29. The molecule has 1 rings (SSSR count). The summed E-state index contributed by atoms with van der Waals surface area (Å²) in [6.07, 6.45) is 0.756. The quantitative estimate of drug-likeness (QED) is 0.575. The molecule has 1 aliphatic rings. The molecule has 0 radical (unpaired) electrons. The van der Waals surface area contributed by atoms with Crippen LogP contribution in [0.3, 0.4) is 0 Å². The van der Waals surface area contributed by atoms with Crippen molar-refractivity contribution in [3.8, 4) is 0 Å². The molecule has 0 aromatic carbocycles. The van der Waals surface area contributed by atoms with Gasteiger partial charge in [0.15, 0.2) is 0 Å². The molecule has 2 atom stereocenters. The van der Waals surface area contributed by atoms with E-state index in [-0.39, 0.29) is 23.5 Å². The molecule has 1 amide bonds. The van der Waals surface area contributed by atoms with Gasteiger partial charge >= 0.3 is 0 Å². The molecule has 0 heterocycles. The van der Waals surface area contributed by atoms with Crippen molar-refractivity contribution in [2.75, 3.05) is 14.1 Å². The van der Waals surface area contributed by atoms with E-state index in [2.05, 4.69) is 0 Å². The summed E-state index contributed by atoms with van der Waals surface area (Å²) in [5.41, 5.74) is 0. The summed E-state index contributed by atoms with van der Waals surface area (Å²) >= 11 is 0. The number of hydrogen-bond acceptors (Lipinski definition) is 2. The zero-order valence-electron chi connectivity index (χ0n) is 7.13. The van der Waals surface area contributed by atoms with Crippen LogP contribution in [0.4, 0.5) is 0 Å². The topological polar surface area (TPSA) is 37.4 Å². The molecule has 3 heteroatoms. The number of carbonyl (C=O) groups is 2. The van der Waals surface area contributed by atoms with Gasteiger partial charge in [0.25, 0.3) is 0 Å². The Morgan fingerprint density at radius 1 is 1.27 bits per heavy atom. The van der Waals surface area contributed by atoms with E-state index >= 15 is 0 Å². The van der Waals surface area contributed by atoms with Crippen molar-refractivity contribution < 1.29 is 9.59 Å². The average molecular weight is 155 g/mol. The van der Waals surface area contributed by atoms with Gasteiger partial charge in [-0.05, 0) is 13.3 Å². The van der Waals surface area contributed by atoms with Crippen molar-refractivity contribution in [2.24, 2.45) is 11.8 Å². The van der Waals surface area contributed by atoms with E-state index < -0.39 is 0 Å². The summed E-state index contributed by atoms with van der Waals surface area (Å²) in [7, 11) is 3.44. The number of ketones is 1. The van der Waals surface area contributed by atoms with Crippen LogP contribution in [0.1, 0.15) is 13.3 Å². The summed E-state index contributed by atoms with van der Waals surface area (Å²) < 4.78 is 0. The van der Waals surface area contributed by atoms with Crippen molar-refractivity contribution in [2.45, 2.75) is 13.3 Å². The van der Waals surface area contributed by atoms with Gasteiger partial charge in [-0.1, -0.05) is 0 Å². The Morgan fingerprint density at radius 3 is 2.09 bits per heavy atom. The second kappa shape index (κ2) is 2.64. The molecule has 62 valence electrons. The number of nitrogens with zero attached hydrogens (tertiary/aromatic N) is 1. The van der Waals surface area contributed by atoms with Crippen molar-refractivity contribution in [3.05, 3.63) is 0 Å². The standard InChI is InChI=1S/C8H13NO2/c1-5(10)6-4-7(6)8(11)9(2)3/h6-7H,4H2,1-3H3/t6-,7?/m1/s1. The van der Waals surface area contributed by atoms with Crippen LogP contribution >= 0.6 is 0 Å². The van der Waals surface area contributed by atoms with E-state index in [0.29, 0.717) is 0 Å². The van der Waals surface area contributed by atoms with Gasteiger partial charge < -0.3 is 4.90 Å². The van der Waals surface area contributed by atoms with E-state index in [0.717, 1.165) is 6.42 Å². The first kappa shape index (κ1) is 8.24. The molecule has 11 heavy (non-hydrogen) atoms. The largest absolute Gasteiger partial charge is 0.349 e. The third kappa shape index (κ3) is 1.59. The van der Waals surface area contributed by atoms with E-state index in [4.69, 9.17) is 0 Å². The first-order valence-corrected chi connectivity index (χ1v) is 3.75. The van der Waals surface area contributed by atoms with Crippen LogP contribution in [0.15, 0.2) is 0 Å². The summed E-state index contributed by atoms with van der Waals surface area (Å²) in [6, 6.07) is 0. The third-order valence-electron chi connectivity index (χ3n) is 2.07. The maximum absolute atomic E-state index is 11.2. The predicted molar refractivity (Wildman–Crippen MR) is 41.0 cm³/mol. The van der Waals surface area contributed by atoms with Crippen LogP contribution in [0, 0.1) is 11.8 Å². The highest BCUT2D eigenvalue weighted by molar-refractivity contribution is 5.92. The van der Waals surface area contributed by atoms with Crippen LogP contribution in [-0.4, -0.2) is 30.7 Å². The van der Waals surface area contributed by atoms with E-state index in [1.165, 1.54) is 0 Å². The van der Waals surface area contributed by atoms with E-state index in [1.54, 1.807) is 25.9 Å². The molecule has 0 bridgehead atoms. The highest BCUT2D eigenvalue weighted by Gasteiger charge is 2.46. The maximum Gasteiger partial charge on any atom is 0.225 e. The monoisotopic (exact) mass is 155 g/mol. The number of amides is 1. The van der Waals surface area contributed by atoms with Gasteiger partial charge in [-0.15, -0.1) is 0 Å². The Balaban J connectivity index is 2.44. The summed E-state index contributed by atoms with van der Waals surface area (Å²) in [6.45, 7) is 1.55. The SMILES string of the molecule is CC(=O)[C@H]1CC1C(=O)N(C)C. The lowest BCUT2D eigenvalue weighted by atomic mass is 10.2. The third-order valence-corrected chi connectivity index (χ3v) is 2.07. The van der Waals surface area contributed by atoms with Crippen molar-refractivity contribution in [1.82, 2.24) is 4.90 Å². The molecule has 0 aromatic heterocycles. The molecule has 3 nitrogen and oxygen atoms in total. The maximum atomic E-state index is 11.2. The van der Waals surface area contributed by atoms with E-state index in [1.807, 2.05) is 0 Å². The molecular formula is C8H13NO2. The Morgan fingerprint density at radius 2 is 1.82 bits per heavy atom. The summed E-state index contributed by atoms with van der Waals surface area (Å²) in [4.78, 5) is 23.5. The summed E-state index contributed by atoms with van der Waals surface area (Å²) in [5.74, 6) is 0.239. The average Bonchev–Trinajstić information content (AvgIpc) is 2.63.